The molecule has 7 nitrogen and oxygen atoms in total. The lowest BCUT2D eigenvalue weighted by Gasteiger charge is -2.18. The standard InChI is InChI=1S/C23H28N4O3/c1-6-26(7-2)21(28)14-30-23(29)18-12-20(17-10-8-16(5)9-11-17)25-22-19(18)13-24-27(22)15(3)4/h8-13,15H,6-7,14H2,1-5H3. The van der Waals surface area contributed by atoms with E-state index in [1.54, 1.807) is 21.8 Å². The first-order valence-electron chi connectivity index (χ1n) is 10.3. The molecule has 3 aromatic rings. The Morgan fingerprint density at radius 2 is 1.80 bits per heavy atom. The Kier molecular flexibility index (Phi) is 6.50. The molecule has 0 radical (unpaired) electrons. The van der Waals surface area contributed by atoms with E-state index in [0.717, 1.165) is 11.1 Å². The summed E-state index contributed by atoms with van der Waals surface area (Å²) in [4.78, 5) is 31.6. The molecular formula is C23H28N4O3. The first-order valence-corrected chi connectivity index (χ1v) is 10.3. The van der Waals surface area contributed by atoms with Gasteiger partial charge in [0, 0.05) is 24.7 Å². The van der Waals surface area contributed by atoms with Crippen molar-refractivity contribution in [2.75, 3.05) is 19.7 Å². The lowest BCUT2D eigenvalue weighted by molar-refractivity contribution is -0.134. The molecule has 7 heteroatoms. The third kappa shape index (κ3) is 4.35. The Bertz CT molecular complexity index is 1050. The fourth-order valence-corrected chi connectivity index (χ4v) is 3.31. The quantitative estimate of drug-likeness (QED) is 0.552. The number of fused-ring (bicyclic) bond motifs is 1. The fraction of sp³-hybridized carbons (Fsp3) is 0.391. The van der Waals surface area contributed by atoms with Crippen LogP contribution in [-0.2, 0) is 9.53 Å². The third-order valence-corrected chi connectivity index (χ3v) is 5.07. The van der Waals surface area contributed by atoms with Crippen LogP contribution in [0.2, 0.25) is 0 Å². The maximum Gasteiger partial charge on any atom is 0.339 e. The van der Waals surface area contributed by atoms with Crippen molar-refractivity contribution < 1.29 is 14.3 Å². The maximum absolute atomic E-state index is 12.9. The van der Waals surface area contributed by atoms with E-state index in [1.807, 2.05) is 58.9 Å². The highest BCUT2D eigenvalue weighted by Gasteiger charge is 2.21. The monoisotopic (exact) mass is 408 g/mol. The summed E-state index contributed by atoms with van der Waals surface area (Å²) in [7, 11) is 0. The number of hydrogen-bond acceptors (Lipinski definition) is 5. The van der Waals surface area contributed by atoms with Crippen molar-refractivity contribution in [2.45, 2.75) is 40.7 Å². The van der Waals surface area contributed by atoms with Crippen LogP contribution in [0.25, 0.3) is 22.3 Å². The number of pyridine rings is 1. The van der Waals surface area contributed by atoms with Crippen LogP contribution in [0.1, 0.15) is 49.7 Å². The minimum absolute atomic E-state index is 0.0800. The summed E-state index contributed by atoms with van der Waals surface area (Å²) >= 11 is 0. The van der Waals surface area contributed by atoms with E-state index < -0.39 is 5.97 Å². The molecule has 2 aromatic heterocycles. The number of esters is 1. The molecule has 0 saturated heterocycles. The molecule has 0 bridgehead atoms. The van der Waals surface area contributed by atoms with Gasteiger partial charge in [-0.25, -0.2) is 14.5 Å². The molecule has 2 heterocycles. The van der Waals surface area contributed by atoms with Gasteiger partial charge in [0.05, 0.1) is 22.8 Å². The van der Waals surface area contributed by atoms with Gasteiger partial charge in [0.15, 0.2) is 12.3 Å². The van der Waals surface area contributed by atoms with Crippen LogP contribution in [0.15, 0.2) is 36.5 Å². The minimum Gasteiger partial charge on any atom is -0.452 e. The number of rotatable bonds is 7. The molecule has 0 atom stereocenters. The van der Waals surface area contributed by atoms with E-state index in [-0.39, 0.29) is 18.6 Å². The topological polar surface area (TPSA) is 77.3 Å². The molecular weight excluding hydrogens is 380 g/mol. The number of aryl methyl sites for hydroxylation is 1. The van der Waals surface area contributed by atoms with Crippen molar-refractivity contribution in [3.8, 4) is 11.3 Å². The molecule has 0 aliphatic carbocycles. The van der Waals surface area contributed by atoms with Crippen LogP contribution in [0.4, 0.5) is 0 Å². The zero-order valence-electron chi connectivity index (χ0n) is 18.2. The summed E-state index contributed by atoms with van der Waals surface area (Å²) in [5, 5.41) is 5.02. The van der Waals surface area contributed by atoms with E-state index >= 15 is 0 Å². The van der Waals surface area contributed by atoms with Gasteiger partial charge in [-0.3, -0.25) is 4.79 Å². The van der Waals surface area contributed by atoms with Crippen LogP contribution in [0.5, 0.6) is 0 Å². The molecule has 0 aliphatic heterocycles. The number of amides is 1. The highest BCUT2D eigenvalue weighted by molar-refractivity contribution is 6.04. The lowest BCUT2D eigenvalue weighted by Crippen LogP contribution is -2.34. The summed E-state index contributed by atoms with van der Waals surface area (Å²) in [6.07, 6.45) is 1.63. The van der Waals surface area contributed by atoms with Crippen molar-refractivity contribution in [1.82, 2.24) is 19.7 Å². The number of aromatic nitrogens is 3. The Morgan fingerprint density at radius 3 is 2.40 bits per heavy atom. The summed E-state index contributed by atoms with van der Waals surface area (Å²) in [6, 6.07) is 9.74. The first-order chi connectivity index (χ1) is 14.3. The van der Waals surface area contributed by atoms with E-state index in [4.69, 9.17) is 9.72 Å². The third-order valence-electron chi connectivity index (χ3n) is 5.07. The Balaban J connectivity index is 2.01. The van der Waals surface area contributed by atoms with Crippen LogP contribution in [0, 0.1) is 6.92 Å². The minimum atomic E-state index is -0.556. The van der Waals surface area contributed by atoms with E-state index in [0.29, 0.717) is 35.4 Å². The number of carbonyl (C=O) groups excluding carboxylic acids is 2. The SMILES string of the molecule is CCN(CC)C(=O)COC(=O)c1cc(-c2ccc(C)cc2)nc2c1cnn2C(C)C. The van der Waals surface area contributed by atoms with Crippen LogP contribution < -0.4 is 0 Å². The molecule has 30 heavy (non-hydrogen) atoms. The van der Waals surface area contributed by atoms with Crippen LogP contribution in [0.3, 0.4) is 0 Å². The van der Waals surface area contributed by atoms with Crippen LogP contribution >= 0.6 is 0 Å². The second-order valence-corrected chi connectivity index (χ2v) is 7.48. The molecule has 0 spiro atoms. The van der Waals surface area contributed by atoms with Crippen molar-refractivity contribution in [3.63, 3.8) is 0 Å². The predicted molar refractivity (Wildman–Crippen MR) is 116 cm³/mol. The molecule has 158 valence electrons. The van der Waals surface area contributed by atoms with E-state index in [9.17, 15) is 9.59 Å². The van der Waals surface area contributed by atoms with Crippen molar-refractivity contribution >= 4 is 22.9 Å². The Labute approximate surface area is 176 Å². The van der Waals surface area contributed by atoms with Gasteiger partial charge >= 0.3 is 5.97 Å². The largest absolute Gasteiger partial charge is 0.452 e. The number of likely N-dealkylation sites (N-methyl/N-ethyl adjacent to an activating group) is 1. The van der Waals surface area contributed by atoms with Gasteiger partial charge in [-0.1, -0.05) is 29.8 Å². The van der Waals surface area contributed by atoms with Gasteiger partial charge in [-0.2, -0.15) is 5.10 Å². The average Bonchev–Trinajstić information content (AvgIpc) is 3.17. The summed E-state index contributed by atoms with van der Waals surface area (Å²) in [6.45, 7) is 10.7. The summed E-state index contributed by atoms with van der Waals surface area (Å²) in [5.74, 6) is -0.769. The molecule has 0 fully saturated rings. The van der Waals surface area contributed by atoms with Crippen molar-refractivity contribution in [2.24, 2.45) is 0 Å². The summed E-state index contributed by atoms with van der Waals surface area (Å²) < 4.78 is 7.15. The number of hydrogen-bond donors (Lipinski definition) is 0. The second kappa shape index (κ2) is 9.07. The van der Waals surface area contributed by atoms with Crippen LogP contribution in [-0.4, -0.2) is 51.2 Å². The average molecular weight is 409 g/mol. The fourth-order valence-electron chi connectivity index (χ4n) is 3.31. The molecule has 1 amide bonds. The number of carbonyl (C=O) groups is 2. The smallest absolute Gasteiger partial charge is 0.339 e. The predicted octanol–water partition coefficient (Wildman–Crippen LogP) is 4.01. The zero-order valence-corrected chi connectivity index (χ0v) is 18.2. The Hall–Kier alpha value is -3.22. The second-order valence-electron chi connectivity index (χ2n) is 7.48. The van der Waals surface area contributed by atoms with Gasteiger partial charge < -0.3 is 9.64 Å². The number of ether oxygens (including phenoxy) is 1. The van der Waals surface area contributed by atoms with Crippen molar-refractivity contribution in [3.05, 3.63) is 47.7 Å². The number of nitrogens with zero attached hydrogens (tertiary/aromatic N) is 4. The molecule has 1 aromatic carbocycles. The normalized spacial score (nSPS) is 11.1. The van der Waals surface area contributed by atoms with Gasteiger partial charge in [0.25, 0.3) is 5.91 Å². The van der Waals surface area contributed by atoms with Gasteiger partial charge in [-0.05, 0) is 40.7 Å². The first kappa shape index (κ1) is 21.5. The summed E-state index contributed by atoms with van der Waals surface area (Å²) in [5.41, 5.74) is 3.67. The lowest BCUT2D eigenvalue weighted by atomic mass is 10.1. The molecule has 0 unspecified atom stereocenters. The van der Waals surface area contributed by atoms with Gasteiger partial charge in [0.2, 0.25) is 0 Å². The number of benzene rings is 1. The molecule has 0 aliphatic rings. The zero-order chi connectivity index (χ0) is 21.8. The van der Waals surface area contributed by atoms with Gasteiger partial charge in [0.1, 0.15) is 0 Å². The van der Waals surface area contributed by atoms with Crippen molar-refractivity contribution in [1.29, 1.82) is 0 Å². The highest BCUT2D eigenvalue weighted by Crippen LogP contribution is 2.27. The van der Waals surface area contributed by atoms with E-state index in [1.165, 1.54) is 0 Å². The molecule has 3 rings (SSSR count). The Morgan fingerprint density at radius 1 is 1.13 bits per heavy atom. The molecule has 0 saturated carbocycles. The highest BCUT2D eigenvalue weighted by atomic mass is 16.5. The molecule has 0 N–H and O–H groups in total. The van der Waals surface area contributed by atoms with E-state index in [2.05, 4.69) is 5.10 Å². The van der Waals surface area contributed by atoms with Gasteiger partial charge in [-0.15, -0.1) is 0 Å². The maximum atomic E-state index is 12.9.